The minimum atomic E-state index is -0.563. The number of carbonyl (C=O) groups is 1. The molecule has 0 bridgehead atoms. The van der Waals surface area contributed by atoms with E-state index in [1.54, 1.807) is 0 Å². The van der Waals surface area contributed by atoms with E-state index in [1.165, 1.54) is 6.08 Å². The van der Waals surface area contributed by atoms with E-state index >= 15 is 0 Å². The highest BCUT2D eigenvalue weighted by atomic mass is 16.5. The number of hydrogen-bond acceptors (Lipinski definition) is 4. The van der Waals surface area contributed by atoms with Crippen LogP contribution in [0.2, 0.25) is 0 Å². The van der Waals surface area contributed by atoms with Gasteiger partial charge in [0.15, 0.2) is 0 Å². The highest BCUT2D eigenvalue weighted by molar-refractivity contribution is 5.77. The molecular weight excluding hydrogens is 266 g/mol. The van der Waals surface area contributed by atoms with Gasteiger partial charge in [-0.25, -0.2) is 9.79 Å². The summed E-state index contributed by atoms with van der Waals surface area (Å²) in [5.74, 6) is -0.197. The maximum atomic E-state index is 12.7. The molecule has 122 valence electrons. The van der Waals surface area contributed by atoms with Gasteiger partial charge in [0.2, 0.25) is 6.08 Å². The normalized spacial score (nSPS) is 15.0. The molecule has 0 aromatic heterocycles. The van der Waals surface area contributed by atoms with Crippen LogP contribution >= 0.6 is 0 Å². The third-order valence-corrected chi connectivity index (χ3v) is 5.12. The molecule has 0 aliphatic rings. The molecule has 0 aromatic carbocycles. The molecule has 4 nitrogen and oxygen atoms in total. The molecule has 1 atom stereocenters. The molecular formula is C17H31NO3. The summed E-state index contributed by atoms with van der Waals surface area (Å²) in [6, 6.07) is 0. The van der Waals surface area contributed by atoms with Gasteiger partial charge in [-0.2, -0.15) is 0 Å². The van der Waals surface area contributed by atoms with E-state index in [0.29, 0.717) is 0 Å². The van der Waals surface area contributed by atoms with Crippen LogP contribution < -0.4 is 0 Å². The number of carbonyl (C=O) groups excluding carboxylic acids is 2. The largest absolute Gasteiger partial charge is 0.463 e. The molecule has 0 heterocycles. The van der Waals surface area contributed by atoms with Crippen LogP contribution in [-0.4, -0.2) is 25.2 Å². The molecule has 0 rings (SSSR count). The van der Waals surface area contributed by atoms with Crippen LogP contribution in [0.5, 0.6) is 0 Å². The number of esters is 1. The SMILES string of the molecule is CCC(C)(C)CC(C)(C(=O)OCCN=C=O)C(C)(C)CC. The Balaban J connectivity index is 5.22. The zero-order chi connectivity index (χ0) is 16.7. The van der Waals surface area contributed by atoms with E-state index in [1.807, 2.05) is 6.92 Å². The number of rotatable bonds is 9. The zero-order valence-corrected chi connectivity index (χ0v) is 14.7. The van der Waals surface area contributed by atoms with Crippen molar-refractivity contribution in [3.05, 3.63) is 0 Å². The Morgan fingerprint density at radius 2 is 1.67 bits per heavy atom. The molecule has 0 amide bonds. The third-order valence-electron chi connectivity index (χ3n) is 5.12. The van der Waals surface area contributed by atoms with Crippen molar-refractivity contribution in [3.63, 3.8) is 0 Å². The van der Waals surface area contributed by atoms with E-state index in [9.17, 15) is 9.59 Å². The highest BCUT2D eigenvalue weighted by Gasteiger charge is 2.49. The topological polar surface area (TPSA) is 55.7 Å². The summed E-state index contributed by atoms with van der Waals surface area (Å²) in [6.45, 7) is 15.1. The second kappa shape index (κ2) is 7.74. The van der Waals surface area contributed by atoms with Gasteiger partial charge in [0, 0.05) is 0 Å². The van der Waals surface area contributed by atoms with Gasteiger partial charge in [-0.3, -0.25) is 4.79 Å². The molecule has 0 aliphatic carbocycles. The quantitative estimate of drug-likeness (QED) is 0.278. The fourth-order valence-electron chi connectivity index (χ4n) is 2.45. The minimum absolute atomic E-state index is 0.0706. The zero-order valence-electron chi connectivity index (χ0n) is 14.7. The van der Waals surface area contributed by atoms with Gasteiger partial charge in [0.25, 0.3) is 0 Å². The Hall–Kier alpha value is -1.15. The van der Waals surface area contributed by atoms with Crippen LogP contribution in [0, 0.1) is 16.2 Å². The van der Waals surface area contributed by atoms with Crippen molar-refractivity contribution in [3.8, 4) is 0 Å². The molecule has 0 spiro atoms. The Bertz CT molecular complexity index is 395. The molecule has 0 saturated carbocycles. The molecule has 0 radical (unpaired) electrons. The first-order chi connectivity index (χ1) is 9.56. The van der Waals surface area contributed by atoms with Crippen LogP contribution in [0.3, 0.4) is 0 Å². The predicted molar refractivity (Wildman–Crippen MR) is 84.8 cm³/mol. The lowest BCUT2D eigenvalue weighted by molar-refractivity contribution is -0.166. The summed E-state index contributed by atoms with van der Waals surface area (Å²) in [6.07, 6.45) is 4.12. The van der Waals surface area contributed by atoms with Crippen LogP contribution in [0.4, 0.5) is 0 Å². The van der Waals surface area contributed by atoms with Crippen LogP contribution in [0.15, 0.2) is 4.99 Å². The molecule has 0 saturated heterocycles. The lowest BCUT2D eigenvalue weighted by Gasteiger charge is -2.45. The summed E-state index contributed by atoms with van der Waals surface area (Å²) < 4.78 is 5.38. The maximum absolute atomic E-state index is 12.7. The third kappa shape index (κ3) is 5.28. The van der Waals surface area contributed by atoms with E-state index in [2.05, 4.69) is 46.5 Å². The van der Waals surface area contributed by atoms with Gasteiger partial charge < -0.3 is 4.74 Å². The monoisotopic (exact) mass is 297 g/mol. The average molecular weight is 297 g/mol. The fourth-order valence-corrected chi connectivity index (χ4v) is 2.45. The molecule has 0 fully saturated rings. The predicted octanol–water partition coefficient (Wildman–Crippen LogP) is 4.13. The minimum Gasteiger partial charge on any atom is -0.463 e. The maximum Gasteiger partial charge on any atom is 0.312 e. The van der Waals surface area contributed by atoms with E-state index in [4.69, 9.17) is 4.74 Å². The summed E-state index contributed by atoms with van der Waals surface area (Å²) in [4.78, 5) is 26.1. The summed E-state index contributed by atoms with van der Waals surface area (Å²) in [5.41, 5.74) is -0.655. The van der Waals surface area contributed by atoms with Crippen LogP contribution in [0.1, 0.15) is 67.7 Å². The Kier molecular flexibility index (Phi) is 7.32. The number of isocyanates is 1. The van der Waals surface area contributed by atoms with E-state index < -0.39 is 5.41 Å². The molecule has 0 aromatic rings. The fraction of sp³-hybridized carbons (Fsp3) is 0.882. The molecule has 1 unspecified atom stereocenters. The number of hydrogen-bond donors (Lipinski definition) is 0. The van der Waals surface area contributed by atoms with E-state index in [-0.39, 0.29) is 30.0 Å². The number of ether oxygens (including phenoxy) is 1. The molecule has 0 aliphatic heterocycles. The van der Waals surface area contributed by atoms with Crippen LogP contribution in [-0.2, 0) is 14.3 Å². The van der Waals surface area contributed by atoms with Crippen LogP contribution in [0.25, 0.3) is 0 Å². The molecule has 21 heavy (non-hydrogen) atoms. The second-order valence-electron chi connectivity index (χ2n) is 7.37. The van der Waals surface area contributed by atoms with Crippen molar-refractivity contribution in [2.45, 2.75) is 67.7 Å². The summed E-state index contributed by atoms with van der Waals surface area (Å²) in [5, 5.41) is 0. The van der Waals surface area contributed by atoms with Crippen molar-refractivity contribution < 1.29 is 14.3 Å². The summed E-state index contributed by atoms with van der Waals surface area (Å²) in [7, 11) is 0. The number of aliphatic imine (C=N–C) groups is 1. The smallest absolute Gasteiger partial charge is 0.312 e. The van der Waals surface area contributed by atoms with Crippen molar-refractivity contribution in [2.24, 2.45) is 21.2 Å². The Morgan fingerprint density at radius 1 is 1.10 bits per heavy atom. The Labute approximate surface area is 129 Å². The molecule has 0 N–H and O–H groups in total. The van der Waals surface area contributed by atoms with Crippen molar-refractivity contribution in [2.75, 3.05) is 13.2 Å². The summed E-state index contributed by atoms with van der Waals surface area (Å²) >= 11 is 0. The first-order valence-corrected chi connectivity index (χ1v) is 7.77. The van der Waals surface area contributed by atoms with E-state index in [0.717, 1.165) is 19.3 Å². The molecule has 4 heteroatoms. The van der Waals surface area contributed by atoms with Gasteiger partial charge in [-0.05, 0) is 30.6 Å². The number of nitrogens with zero attached hydrogens (tertiary/aromatic N) is 1. The van der Waals surface area contributed by atoms with Gasteiger partial charge >= 0.3 is 5.97 Å². The standard InChI is InChI=1S/C17H31NO3/c1-8-15(3,4)12-17(7,16(5,6)9-2)14(20)21-11-10-18-13-19/h8-12H2,1-7H3. The lowest BCUT2D eigenvalue weighted by atomic mass is 9.58. The first-order valence-electron chi connectivity index (χ1n) is 7.77. The van der Waals surface area contributed by atoms with Gasteiger partial charge in [0.1, 0.15) is 6.61 Å². The second-order valence-corrected chi connectivity index (χ2v) is 7.37. The van der Waals surface area contributed by atoms with Crippen molar-refractivity contribution in [1.82, 2.24) is 0 Å². The van der Waals surface area contributed by atoms with Gasteiger partial charge in [-0.1, -0.05) is 48.0 Å². The Morgan fingerprint density at radius 3 is 2.10 bits per heavy atom. The lowest BCUT2D eigenvalue weighted by Crippen LogP contribution is -2.46. The average Bonchev–Trinajstić information content (AvgIpc) is 2.42. The first kappa shape index (κ1) is 19.9. The van der Waals surface area contributed by atoms with Gasteiger partial charge in [0.05, 0.1) is 12.0 Å². The van der Waals surface area contributed by atoms with Gasteiger partial charge in [-0.15, -0.1) is 0 Å². The van der Waals surface area contributed by atoms with Crippen molar-refractivity contribution >= 4 is 12.0 Å². The van der Waals surface area contributed by atoms with Crippen molar-refractivity contribution in [1.29, 1.82) is 0 Å². The highest BCUT2D eigenvalue weighted by Crippen LogP contribution is 2.50.